The molecule has 0 aliphatic carbocycles. The van der Waals surface area contributed by atoms with Crippen LogP contribution >= 0.6 is 15.9 Å². The van der Waals surface area contributed by atoms with E-state index in [4.69, 9.17) is 9.47 Å². The van der Waals surface area contributed by atoms with E-state index in [2.05, 4.69) is 15.9 Å². The molecule has 108 valence electrons. The Morgan fingerprint density at radius 1 is 1.17 bits per heavy atom. The van der Waals surface area contributed by atoms with Crippen molar-refractivity contribution in [2.45, 2.75) is 30.5 Å². The minimum absolute atomic E-state index is 0.166. The summed E-state index contributed by atoms with van der Waals surface area (Å²) >= 11 is 3.42. The van der Waals surface area contributed by atoms with Gasteiger partial charge < -0.3 is 9.47 Å². The molecule has 0 spiro atoms. The molecule has 1 aliphatic heterocycles. The van der Waals surface area contributed by atoms with Crippen molar-refractivity contribution in [3.8, 4) is 0 Å². The fourth-order valence-electron chi connectivity index (χ4n) is 2.21. The quantitative estimate of drug-likeness (QED) is 0.549. The molecule has 1 aliphatic rings. The summed E-state index contributed by atoms with van der Waals surface area (Å²) < 4.78 is 37.8. The zero-order valence-electron chi connectivity index (χ0n) is 11.3. The lowest BCUT2D eigenvalue weighted by molar-refractivity contribution is -0.223. The van der Waals surface area contributed by atoms with Gasteiger partial charge >= 0.3 is 6.17 Å². The average molecular weight is 331 g/mol. The van der Waals surface area contributed by atoms with Crippen molar-refractivity contribution >= 4 is 15.9 Å². The molecule has 18 heavy (non-hydrogen) atoms. The van der Waals surface area contributed by atoms with E-state index >= 15 is 0 Å². The largest absolute Gasteiger partial charge is 0.383 e. The molecule has 1 fully saturated rings. The molecule has 4 nitrogen and oxygen atoms in total. The Morgan fingerprint density at radius 3 is 2.17 bits per heavy atom. The van der Waals surface area contributed by atoms with Crippen molar-refractivity contribution in [2.24, 2.45) is 0 Å². The van der Waals surface area contributed by atoms with Crippen LogP contribution in [0.2, 0.25) is 0 Å². The van der Waals surface area contributed by atoms with Gasteiger partial charge in [-0.25, -0.2) is 9.80 Å². The fraction of sp³-hybridized carbons (Fsp3) is 1.00. The van der Waals surface area contributed by atoms with E-state index in [1.54, 1.807) is 13.8 Å². The van der Waals surface area contributed by atoms with Crippen LogP contribution in [0.1, 0.15) is 13.8 Å². The van der Waals surface area contributed by atoms with Gasteiger partial charge in [0.05, 0.1) is 17.7 Å². The van der Waals surface area contributed by atoms with Crippen molar-refractivity contribution in [1.82, 2.24) is 9.80 Å². The average Bonchev–Trinajstić information content (AvgIpc) is 2.40. The smallest absolute Gasteiger partial charge is 0.371 e. The Labute approximate surface area is 115 Å². The van der Waals surface area contributed by atoms with Crippen molar-refractivity contribution < 1.29 is 18.3 Å². The van der Waals surface area contributed by atoms with Gasteiger partial charge in [0.1, 0.15) is 0 Å². The standard InChI is InChI=1S/C11H21BrF2N2O2/c1-9-10(2,12)16(6-8-18-4)11(13,14)15(9)5-7-17-3/h9H,5-8H2,1-4H3. The van der Waals surface area contributed by atoms with Gasteiger partial charge in [0.15, 0.2) is 0 Å². The molecule has 0 amide bonds. The SMILES string of the molecule is COCCN1C(C)C(C)(Br)N(CCOC)C1(F)F. The van der Waals surface area contributed by atoms with Crippen molar-refractivity contribution in [1.29, 1.82) is 0 Å². The van der Waals surface area contributed by atoms with Gasteiger partial charge in [0.25, 0.3) is 0 Å². The van der Waals surface area contributed by atoms with Gasteiger partial charge in [0, 0.05) is 33.4 Å². The van der Waals surface area contributed by atoms with E-state index in [9.17, 15) is 8.78 Å². The first-order valence-electron chi connectivity index (χ1n) is 5.89. The Bertz CT molecular complexity index is 280. The highest BCUT2D eigenvalue weighted by atomic mass is 79.9. The summed E-state index contributed by atoms with van der Waals surface area (Å²) in [6.45, 7) is 4.44. The van der Waals surface area contributed by atoms with Crippen molar-refractivity contribution in [3.05, 3.63) is 0 Å². The summed E-state index contributed by atoms with van der Waals surface area (Å²) in [6, 6.07) is -0.334. The van der Waals surface area contributed by atoms with Crippen LogP contribution < -0.4 is 0 Å². The third kappa shape index (κ3) is 2.85. The van der Waals surface area contributed by atoms with E-state index in [-0.39, 0.29) is 32.3 Å². The molecule has 0 bridgehead atoms. The maximum absolute atomic E-state index is 14.4. The maximum Gasteiger partial charge on any atom is 0.371 e. The third-order valence-electron chi connectivity index (χ3n) is 3.48. The maximum atomic E-state index is 14.4. The number of alkyl halides is 3. The first-order chi connectivity index (χ1) is 8.30. The zero-order chi connectivity index (χ0) is 14.0. The van der Waals surface area contributed by atoms with E-state index in [1.807, 2.05) is 0 Å². The van der Waals surface area contributed by atoms with Crippen LogP contribution in [0.25, 0.3) is 0 Å². The lowest BCUT2D eigenvalue weighted by Crippen LogP contribution is -2.51. The Hall–Kier alpha value is 0.180. The molecule has 0 aromatic rings. The van der Waals surface area contributed by atoms with Gasteiger partial charge in [0.2, 0.25) is 0 Å². The highest BCUT2D eigenvalue weighted by Crippen LogP contribution is 2.47. The van der Waals surface area contributed by atoms with Crippen LogP contribution in [0.3, 0.4) is 0 Å². The molecule has 1 heterocycles. The first-order valence-corrected chi connectivity index (χ1v) is 6.68. The minimum atomic E-state index is -3.01. The summed E-state index contributed by atoms with van der Waals surface area (Å²) in [5.41, 5.74) is 0. The lowest BCUT2D eigenvalue weighted by Gasteiger charge is -2.33. The second-order valence-electron chi connectivity index (χ2n) is 4.54. The van der Waals surface area contributed by atoms with Gasteiger partial charge in [-0.1, -0.05) is 15.9 Å². The van der Waals surface area contributed by atoms with Gasteiger partial charge in [-0.15, -0.1) is 0 Å². The first kappa shape index (κ1) is 16.2. The number of halogens is 3. The Balaban J connectivity index is 2.89. The van der Waals surface area contributed by atoms with Crippen LogP contribution in [-0.4, -0.2) is 67.0 Å². The number of hydrogen-bond acceptors (Lipinski definition) is 4. The summed E-state index contributed by atoms with van der Waals surface area (Å²) in [5, 5.41) is 0. The fourth-order valence-corrected chi connectivity index (χ4v) is 2.85. The molecule has 0 N–H and O–H groups in total. The number of hydrogen-bond donors (Lipinski definition) is 0. The summed E-state index contributed by atoms with van der Waals surface area (Å²) in [7, 11) is 3.01. The third-order valence-corrected chi connectivity index (χ3v) is 4.57. The van der Waals surface area contributed by atoms with Crippen LogP contribution in [0, 0.1) is 0 Å². The van der Waals surface area contributed by atoms with Gasteiger partial charge in [-0.2, -0.15) is 8.78 Å². The predicted octanol–water partition coefficient (Wildman–Crippen LogP) is 1.95. The predicted molar refractivity (Wildman–Crippen MR) is 68.9 cm³/mol. The van der Waals surface area contributed by atoms with E-state index in [0.29, 0.717) is 0 Å². The number of ether oxygens (including phenoxy) is 2. The minimum Gasteiger partial charge on any atom is -0.383 e. The van der Waals surface area contributed by atoms with E-state index < -0.39 is 10.6 Å². The van der Waals surface area contributed by atoms with Crippen molar-refractivity contribution in [2.75, 3.05) is 40.5 Å². The molecule has 0 aromatic carbocycles. The molecule has 2 unspecified atom stereocenters. The zero-order valence-corrected chi connectivity index (χ0v) is 12.8. The number of nitrogens with zero attached hydrogens (tertiary/aromatic N) is 2. The molecule has 0 radical (unpaired) electrons. The molecular weight excluding hydrogens is 310 g/mol. The Kier molecular flexibility index (Phi) is 5.49. The second kappa shape index (κ2) is 6.09. The highest BCUT2D eigenvalue weighted by Gasteiger charge is 2.62. The summed E-state index contributed by atoms with van der Waals surface area (Å²) in [6.07, 6.45) is -3.01. The molecule has 1 saturated heterocycles. The van der Waals surface area contributed by atoms with Crippen molar-refractivity contribution in [3.63, 3.8) is 0 Å². The number of rotatable bonds is 6. The summed E-state index contributed by atoms with van der Waals surface area (Å²) in [4.78, 5) is 2.28. The molecule has 0 aromatic heterocycles. The van der Waals surface area contributed by atoms with E-state index in [1.165, 1.54) is 14.2 Å². The van der Waals surface area contributed by atoms with Crippen LogP contribution in [-0.2, 0) is 9.47 Å². The normalized spacial score (nSPS) is 33.2. The highest BCUT2D eigenvalue weighted by molar-refractivity contribution is 9.10. The molecular formula is C11H21BrF2N2O2. The summed E-state index contributed by atoms with van der Waals surface area (Å²) in [5.74, 6) is 0. The second-order valence-corrected chi connectivity index (χ2v) is 6.15. The van der Waals surface area contributed by atoms with Gasteiger partial charge in [-0.3, -0.25) is 0 Å². The molecule has 2 atom stereocenters. The van der Waals surface area contributed by atoms with Gasteiger partial charge in [-0.05, 0) is 13.8 Å². The monoisotopic (exact) mass is 330 g/mol. The van der Waals surface area contributed by atoms with Crippen LogP contribution in [0.15, 0.2) is 0 Å². The molecule has 7 heteroatoms. The number of methoxy groups -OCH3 is 2. The topological polar surface area (TPSA) is 24.9 Å². The Morgan fingerprint density at radius 2 is 1.67 bits per heavy atom. The van der Waals surface area contributed by atoms with Crippen LogP contribution in [0.4, 0.5) is 8.78 Å². The molecule has 0 saturated carbocycles. The lowest BCUT2D eigenvalue weighted by atomic mass is 10.1. The molecule has 1 rings (SSSR count). The van der Waals surface area contributed by atoms with E-state index in [0.717, 1.165) is 9.80 Å². The van der Waals surface area contributed by atoms with Crippen LogP contribution in [0.5, 0.6) is 0 Å².